The Hall–Kier alpha value is -3.61. The summed E-state index contributed by atoms with van der Waals surface area (Å²) in [5.74, 6) is -2.99. The van der Waals surface area contributed by atoms with Crippen molar-refractivity contribution in [3.8, 4) is 0 Å². The standard InChI is InChI=1S/C22H24N2O5/c1-2-13-23-20(25)19(18(21(26)27)14-16-9-5-3-6-10-16)24-22(28)29-15-17-11-7-4-8-12-17/h2-12,18-19H,1,13-15H2,(H,23,25)(H,24,28)(H,26,27)/t18?,19-/m0/s1. The number of rotatable bonds is 10. The van der Waals surface area contributed by atoms with Crippen molar-refractivity contribution in [3.63, 3.8) is 0 Å². The van der Waals surface area contributed by atoms with Gasteiger partial charge in [-0.2, -0.15) is 0 Å². The largest absolute Gasteiger partial charge is 0.481 e. The van der Waals surface area contributed by atoms with Gasteiger partial charge in [-0.1, -0.05) is 66.7 Å². The molecule has 2 aromatic rings. The van der Waals surface area contributed by atoms with Crippen LogP contribution in [0.15, 0.2) is 73.3 Å². The molecule has 2 rings (SSSR count). The highest BCUT2D eigenvalue weighted by molar-refractivity contribution is 5.90. The molecule has 0 radical (unpaired) electrons. The van der Waals surface area contributed by atoms with Gasteiger partial charge < -0.3 is 20.5 Å². The van der Waals surface area contributed by atoms with Crippen LogP contribution in [0.4, 0.5) is 4.79 Å². The van der Waals surface area contributed by atoms with E-state index in [0.717, 1.165) is 11.1 Å². The predicted molar refractivity (Wildman–Crippen MR) is 108 cm³/mol. The summed E-state index contributed by atoms with van der Waals surface area (Å²) in [6.07, 6.45) is 0.670. The summed E-state index contributed by atoms with van der Waals surface area (Å²) in [6.45, 7) is 3.67. The van der Waals surface area contributed by atoms with Gasteiger partial charge in [0.2, 0.25) is 5.91 Å². The second kappa shape index (κ2) is 11.3. The quantitative estimate of drug-likeness (QED) is 0.535. The Morgan fingerprint density at radius 1 is 1.00 bits per heavy atom. The second-order valence-electron chi connectivity index (χ2n) is 6.35. The van der Waals surface area contributed by atoms with Gasteiger partial charge in [0, 0.05) is 6.54 Å². The molecule has 0 saturated heterocycles. The van der Waals surface area contributed by atoms with Crippen LogP contribution in [0.25, 0.3) is 0 Å². The van der Waals surface area contributed by atoms with Crippen LogP contribution in [0.5, 0.6) is 0 Å². The summed E-state index contributed by atoms with van der Waals surface area (Å²) in [5, 5.41) is 14.7. The van der Waals surface area contributed by atoms with Gasteiger partial charge >= 0.3 is 12.1 Å². The molecule has 1 unspecified atom stereocenters. The first-order valence-electron chi connectivity index (χ1n) is 9.13. The van der Waals surface area contributed by atoms with Gasteiger partial charge in [0.05, 0.1) is 5.92 Å². The molecule has 0 bridgehead atoms. The van der Waals surface area contributed by atoms with Gasteiger partial charge in [-0.05, 0) is 17.5 Å². The fraction of sp³-hybridized carbons (Fsp3) is 0.227. The fourth-order valence-corrected chi connectivity index (χ4v) is 2.74. The number of carbonyl (C=O) groups is 3. The van der Waals surface area contributed by atoms with Crippen LogP contribution in [-0.2, 0) is 27.4 Å². The van der Waals surface area contributed by atoms with E-state index < -0.39 is 29.9 Å². The molecule has 7 heteroatoms. The molecule has 2 amide bonds. The zero-order valence-electron chi connectivity index (χ0n) is 15.9. The third-order valence-electron chi connectivity index (χ3n) is 4.21. The number of ether oxygens (including phenoxy) is 1. The van der Waals surface area contributed by atoms with Crippen LogP contribution in [0.1, 0.15) is 11.1 Å². The Kier molecular flexibility index (Phi) is 8.44. The lowest BCUT2D eigenvalue weighted by atomic mass is 9.91. The van der Waals surface area contributed by atoms with Crippen LogP contribution in [-0.4, -0.2) is 35.7 Å². The van der Waals surface area contributed by atoms with Gasteiger partial charge in [-0.3, -0.25) is 9.59 Å². The van der Waals surface area contributed by atoms with Gasteiger partial charge in [-0.15, -0.1) is 6.58 Å². The van der Waals surface area contributed by atoms with E-state index in [1.807, 2.05) is 24.3 Å². The molecule has 0 fully saturated rings. The van der Waals surface area contributed by atoms with Crippen molar-refractivity contribution in [1.29, 1.82) is 0 Å². The molecule has 2 aromatic carbocycles. The molecular formula is C22H24N2O5. The Bertz CT molecular complexity index is 824. The highest BCUT2D eigenvalue weighted by atomic mass is 16.5. The van der Waals surface area contributed by atoms with Crippen molar-refractivity contribution in [2.24, 2.45) is 5.92 Å². The van der Waals surface area contributed by atoms with Gasteiger partial charge in [-0.25, -0.2) is 4.79 Å². The zero-order chi connectivity index (χ0) is 21.1. The molecule has 7 nitrogen and oxygen atoms in total. The van der Waals surface area contributed by atoms with E-state index in [0.29, 0.717) is 0 Å². The van der Waals surface area contributed by atoms with Crippen LogP contribution < -0.4 is 10.6 Å². The minimum absolute atomic E-state index is 0.00406. The second-order valence-corrected chi connectivity index (χ2v) is 6.35. The average molecular weight is 396 g/mol. The van der Waals surface area contributed by atoms with Crippen LogP contribution >= 0.6 is 0 Å². The van der Waals surface area contributed by atoms with Gasteiger partial charge in [0.1, 0.15) is 12.6 Å². The minimum atomic E-state index is -1.31. The molecule has 0 saturated carbocycles. The molecule has 3 N–H and O–H groups in total. The highest BCUT2D eigenvalue weighted by Gasteiger charge is 2.35. The average Bonchev–Trinajstić information content (AvgIpc) is 2.74. The Balaban J connectivity index is 2.12. The summed E-state index contributed by atoms with van der Waals surface area (Å²) in [7, 11) is 0. The van der Waals surface area contributed by atoms with Crippen molar-refractivity contribution >= 4 is 18.0 Å². The summed E-state index contributed by atoms with van der Waals surface area (Å²) in [5.41, 5.74) is 1.51. The number of carboxylic acid groups (broad SMARTS) is 1. The summed E-state index contributed by atoms with van der Waals surface area (Å²) >= 11 is 0. The zero-order valence-corrected chi connectivity index (χ0v) is 15.9. The normalized spacial score (nSPS) is 12.3. The van der Waals surface area contributed by atoms with Crippen molar-refractivity contribution < 1.29 is 24.2 Å². The maximum absolute atomic E-state index is 12.6. The monoisotopic (exact) mass is 396 g/mol. The number of aliphatic carboxylic acids is 1. The molecule has 0 aliphatic rings. The predicted octanol–water partition coefficient (Wildman–Crippen LogP) is 2.53. The first-order valence-corrected chi connectivity index (χ1v) is 9.13. The molecular weight excluding hydrogens is 372 g/mol. The lowest BCUT2D eigenvalue weighted by Gasteiger charge is -2.24. The first kappa shape index (κ1) is 21.7. The van der Waals surface area contributed by atoms with E-state index >= 15 is 0 Å². The maximum atomic E-state index is 12.6. The number of carboxylic acids is 1. The number of benzene rings is 2. The highest BCUT2D eigenvalue weighted by Crippen LogP contribution is 2.14. The number of nitrogens with one attached hydrogen (secondary N) is 2. The fourth-order valence-electron chi connectivity index (χ4n) is 2.74. The Morgan fingerprint density at radius 3 is 2.14 bits per heavy atom. The van der Waals surface area contributed by atoms with Crippen molar-refractivity contribution in [3.05, 3.63) is 84.4 Å². The van der Waals surface area contributed by atoms with Crippen LogP contribution in [0, 0.1) is 5.92 Å². The van der Waals surface area contributed by atoms with E-state index in [-0.39, 0.29) is 19.6 Å². The Labute approximate surface area is 169 Å². The number of alkyl carbamates (subject to hydrolysis) is 1. The van der Waals surface area contributed by atoms with E-state index in [1.165, 1.54) is 6.08 Å². The minimum Gasteiger partial charge on any atom is -0.481 e. The van der Waals surface area contributed by atoms with Gasteiger partial charge in [0.15, 0.2) is 0 Å². The van der Waals surface area contributed by atoms with Crippen LogP contribution in [0.2, 0.25) is 0 Å². The summed E-state index contributed by atoms with van der Waals surface area (Å²) in [4.78, 5) is 36.7. The molecule has 29 heavy (non-hydrogen) atoms. The SMILES string of the molecule is C=CCNC(=O)[C@@H](NC(=O)OCc1ccccc1)C(Cc1ccccc1)C(=O)O. The van der Waals surface area contributed by atoms with E-state index in [2.05, 4.69) is 17.2 Å². The molecule has 0 aliphatic heterocycles. The smallest absolute Gasteiger partial charge is 0.408 e. The number of hydrogen-bond acceptors (Lipinski definition) is 4. The lowest BCUT2D eigenvalue weighted by molar-refractivity contribution is -0.145. The number of hydrogen-bond donors (Lipinski definition) is 3. The number of amides is 2. The topological polar surface area (TPSA) is 105 Å². The lowest BCUT2D eigenvalue weighted by Crippen LogP contribution is -2.53. The van der Waals surface area contributed by atoms with Crippen LogP contribution in [0.3, 0.4) is 0 Å². The number of carbonyl (C=O) groups excluding carboxylic acids is 2. The molecule has 0 spiro atoms. The molecule has 0 heterocycles. The molecule has 152 valence electrons. The molecule has 0 aliphatic carbocycles. The molecule has 0 aromatic heterocycles. The third kappa shape index (κ3) is 7.14. The van der Waals surface area contributed by atoms with E-state index in [1.54, 1.807) is 36.4 Å². The van der Waals surface area contributed by atoms with Crippen molar-refractivity contribution in [2.75, 3.05) is 6.54 Å². The van der Waals surface area contributed by atoms with E-state index in [4.69, 9.17) is 4.74 Å². The third-order valence-corrected chi connectivity index (χ3v) is 4.21. The van der Waals surface area contributed by atoms with Crippen molar-refractivity contribution in [1.82, 2.24) is 10.6 Å². The summed E-state index contributed by atoms with van der Waals surface area (Å²) in [6, 6.07) is 16.6. The first-order chi connectivity index (χ1) is 14.0. The maximum Gasteiger partial charge on any atom is 0.408 e. The van der Waals surface area contributed by atoms with E-state index in [9.17, 15) is 19.5 Å². The summed E-state index contributed by atoms with van der Waals surface area (Å²) < 4.78 is 5.15. The molecule has 2 atom stereocenters. The van der Waals surface area contributed by atoms with Crippen molar-refractivity contribution in [2.45, 2.75) is 19.1 Å². The Morgan fingerprint density at radius 2 is 1.59 bits per heavy atom. The van der Waals surface area contributed by atoms with Gasteiger partial charge in [0.25, 0.3) is 0 Å².